The van der Waals surface area contributed by atoms with Gasteiger partial charge in [-0.25, -0.2) is 0 Å². The molecule has 0 amide bonds. The Kier molecular flexibility index (Phi) is 3.91. The second-order valence-electron chi connectivity index (χ2n) is 4.59. The average Bonchev–Trinajstić information content (AvgIpc) is 2.30. The molecule has 0 radical (unpaired) electrons. The molecule has 0 bridgehead atoms. The van der Waals surface area contributed by atoms with Crippen LogP contribution in [0.2, 0.25) is 0 Å². The lowest BCUT2D eigenvalue weighted by molar-refractivity contribution is 0.0902. The zero-order chi connectivity index (χ0) is 11.4. The third-order valence-electron chi connectivity index (χ3n) is 3.40. The second kappa shape index (κ2) is 5.41. The van der Waals surface area contributed by atoms with E-state index in [0.717, 1.165) is 31.5 Å². The maximum Gasteiger partial charge on any atom is 0.0693 e. The maximum absolute atomic E-state index is 9.84. The molecule has 3 heteroatoms. The highest BCUT2D eigenvalue weighted by molar-refractivity contribution is 5.18. The van der Waals surface area contributed by atoms with Gasteiger partial charge in [-0.3, -0.25) is 4.98 Å². The minimum atomic E-state index is -0.175. The highest BCUT2D eigenvalue weighted by Gasteiger charge is 2.22. The lowest BCUT2D eigenvalue weighted by Crippen LogP contribution is -2.41. The molecule has 0 saturated heterocycles. The molecule has 0 aliphatic heterocycles. The van der Waals surface area contributed by atoms with Gasteiger partial charge in [0.2, 0.25) is 0 Å². The summed E-state index contributed by atoms with van der Waals surface area (Å²) in [5.74, 6) is 0. The molecule has 2 rings (SSSR count). The normalized spacial score (nSPS) is 25.6. The van der Waals surface area contributed by atoms with E-state index in [9.17, 15) is 5.11 Å². The van der Waals surface area contributed by atoms with Gasteiger partial charge in [-0.05, 0) is 31.4 Å². The monoisotopic (exact) mass is 220 g/mol. The van der Waals surface area contributed by atoms with E-state index in [1.807, 2.05) is 19.2 Å². The highest BCUT2D eigenvalue weighted by Crippen LogP contribution is 2.18. The molecular weight excluding hydrogens is 200 g/mol. The molecule has 1 aliphatic carbocycles. The van der Waals surface area contributed by atoms with Crippen molar-refractivity contribution in [1.29, 1.82) is 0 Å². The number of pyridine rings is 1. The number of hydrogen-bond acceptors (Lipinski definition) is 3. The first kappa shape index (κ1) is 11.6. The maximum atomic E-state index is 9.84. The van der Waals surface area contributed by atoms with E-state index >= 15 is 0 Å². The first-order valence-corrected chi connectivity index (χ1v) is 6.09. The van der Waals surface area contributed by atoms with Crippen molar-refractivity contribution >= 4 is 0 Å². The van der Waals surface area contributed by atoms with Crippen molar-refractivity contribution < 1.29 is 5.11 Å². The summed E-state index contributed by atoms with van der Waals surface area (Å²) in [7, 11) is 0. The van der Waals surface area contributed by atoms with Crippen LogP contribution >= 0.6 is 0 Å². The Labute approximate surface area is 96.9 Å². The van der Waals surface area contributed by atoms with Crippen LogP contribution in [0.15, 0.2) is 18.3 Å². The first-order chi connectivity index (χ1) is 7.77. The fourth-order valence-electron chi connectivity index (χ4n) is 2.29. The molecule has 0 spiro atoms. The molecule has 0 unspecified atom stereocenters. The minimum absolute atomic E-state index is 0.175. The number of aromatic nitrogens is 1. The highest BCUT2D eigenvalue weighted by atomic mass is 16.3. The van der Waals surface area contributed by atoms with Gasteiger partial charge in [0.05, 0.1) is 6.10 Å². The van der Waals surface area contributed by atoms with E-state index in [-0.39, 0.29) is 12.1 Å². The number of hydrogen-bond donors (Lipinski definition) is 2. The van der Waals surface area contributed by atoms with E-state index in [0.29, 0.717) is 0 Å². The number of aliphatic hydroxyl groups is 1. The van der Waals surface area contributed by atoms with Crippen LogP contribution in [0.3, 0.4) is 0 Å². The summed E-state index contributed by atoms with van der Waals surface area (Å²) in [5.41, 5.74) is 2.29. The summed E-state index contributed by atoms with van der Waals surface area (Å²) >= 11 is 0. The van der Waals surface area contributed by atoms with Gasteiger partial charge in [0.1, 0.15) is 0 Å². The number of nitrogens with one attached hydrogen (secondary N) is 1. The molecule has 3 nitrogen and oxygen atoms in total. The van der Waals surface area contributed by atoms with E-state index in [4.69, 9.17) is 0 Å². The van der Waals surface area contributed by atoms with Gasteiger partial charge in [-0.15, -0.1) is 0 Å². The zero-order valence-electron chi connectivity index (χ0n) is 9.82. The Bertz CT molecular complexity index is 340. The van der Waals surface area contributed by atoms with E-state index in [1.54, 1.807) is 0 Å². The van der Waals surface area contributed by atoms with Crippen LogP contribution in [0.5, 0.6) is 0 Å². The summed E-state index contributed by atoms with van der Waals surface area (Å²) in [5, 5.41) is 13.3. The van der Waals surface area contributed by atoms with Crippen LogP contribution in [-0.2, 0) is 6.54 Å². The SMILES string of the molecule is Cc1ncccc1CN[C@@H]1CCCC[C@H]1O. The fraction of sp³-hybridized carbons (Fsp3) is 0.615. The standard InChI is InChI=1S/C13H20N2O/c1-10-11(5-4-8-14-10)9-15-12-6-2-3-7-13(12)16/h4-5,8,12-13,15-16H,2-3,6-7,9H2,1H3/t12-,13-/m1/s1. The molecule has 1 saturated carbocycles. The quantitative estimate of drug-likeness (QED) is 0.816. The molecule has 1 aliphatic rings. The molecule has 1 fully saturated rings. The van der Waals surface area contributed by atoms with Crippen LogP contribution in [0.1, 0.15) is 36.9 Å². The Balaban J connectivity index is 1.89. The zero-order valence-corrected chi connectivity index (χ0v) is 9.82. The predicted molar refractivity (Wildman–Crippen MR) is 64.1 cm³/mol. The Hall–Kier alpha value is -0.930. The van der Waals surface area contributed by atoms with E-state index in [1.165, 1.54) is 12.0 Å². The summed E-state index contributed by atoms with van der Waals surface area (Å²) in [6, 6.07) is 4.31. The van der Waals surface area contributed by atoms with Crippen molar-refractivity contribution in [1.82, 2.24) is 10.3 Å². The van der Waals surface area contributed by atoms with Crippen LogP contribution in [-0.4, -0.2) is 22.2 Å². The Morgan fingerprint density at radius 2 is 2.25 bits per heavy atom. The van der Waals surface area contributed by atoms with Crippen LogP contribution < -0.4 is 5.32 Å². The van der Waals surface area contributed by atoms with Crippen molar-refractivity contribution in [3.05, 3.63) is 29.6 Å². The van der Waals surface area contributed by atoms with Crippen molar-refractivity contribution in [3.8, 4) is 0 Å². The van der Waals surface area contributed by atoms with Crippen molar-refractivity contribution in [3.63, 3.8) is 0 Å². The smallest absolute Gasteiger partial charge is 0.0693 e. The summed E-state index contributed by atoms with van der Waals surface area (Å²) < 4.78 is 0. The fourth-order valence-corrected chi connectivity index (χ4v) is 2.29. The third kappa shape index (κ3) is 2.80. The molecule has 88 valence electrons. The Morgan fingerprint density at radius 1 is 1.44 bits per heavy atom. The van der Waals surface area contributed by atoms with Crippen LogP contribution in [0, 0.1) is 6.92 Å². The van der Waals surface area contributed by atoms with E-state index < -0.39 is 0 Å². The van der Waals surface area contributed by atoms with Gasteiger partial charge in [0, 0.05) is 24.5 Å². The van der Waals surface area contributed by atoms with Crippen molar-refractivity contribution in [2.24, 2.45) is 0 Å². The topological polar surface area (TPSA) is 45.2 Å². The average molecular weight is 220 g/mol. The van der Waals surface area contributed by atoms with Gasteiger partial charge < -0.3 is 10.4 Å². The van der Waals surface area contributed by atoms with Gasteiger partial charge in [-0.2, -0.15) is 0 Å². The van der Waals surface area contributed by atoms with Gasteiger partial charge in [0.25, 0.3) is 0 Å². The molecule has 1 aromatic rings. The van der Waals surface area contributed by atoms with Gasteiger partial charge >= 0.3 is 0 Å². The molecule has 1 heterocycles. The summed E-state index contributed by atoms with van der Waals surface area (Å²) in [4.78, 5) is 4.26. The largest absolute Gasteiger partial charge is 0.392 e. The lowest BCUT2D eigenvalue weighted by atomic mass is 9.92. The molecule has 16 heavy (non-hydrogen) atoms. The van der Waals surface area contributed by atoms with Gasteiger partial charge in [0.15, 0.2) is 0 Å². The Morgan fingerprint density at radius 3 is 3.00 bits per heavy atom. The third-order valence-corrected chi connectivity index (χ3v) is 3.40. The molecule has 2 N–H and O–H groups in total. The van der Waals surface area contributed by atoms with Crippen molar-refractivity contribution in [2.45, 2.75) is 51.3 Å². The predicted octanol–water partition coefficient (Wildman–Crippen LogP) is 1.78. The van der Waals surface area contributed by atoms with Crippen LogP contribution in [0.25, 0.3) is 0 Å². The molecule has 2 atom stereocenters. The molecule has 0 aromatic carbocycles. The van der Waals surface area contributed by atoms with E-state index in [2.05, 4.69) is 16.4 Å². The molecule has 1 aromatic heterocycles. The summed E-state index contributed by atoms with van der Waals surface area (Å²) in [6.45, 7) is 2.83. The number of aryl methyl sites for hydroxylation is 1. The number of rotatable bonds is 3. The number of nitrogens with zero attached hydrogens (tertiary/aromatic N) is 1. The van der Waals surface area contributed by atoms with Crippen molar-refractivity contribution in [2.75, 3.05) is 0 Å². The lowest BCUT2D eigenvalue weighted by Gasteiger charge is -2.28. The van der Waals surface area contributed by atoms with Gasteiger partial charge in [-0.1, -0.05) is 18.9 Å². The summed E-state index contributed by atoms with van der Waals surface area (Å²) in [6.07, 6.45) is 6.04. The van der Waals surface area contributed by atoms with Crippen LogP contribution in [0.4, 0.5) is 0 Å². The first-order valence-electron chi connectivity index (χ1n) is 6.09. The number of aliphatic hydroxyl groups excluding tert-OH is 1. The minimum Gasteiger partial charge on any atom is -0.392 e. The molecular formula is C13H20N2O. The second-order valence-corrected chi connectivity index (χ2v) is 4.59.